The van der Waals surface area contributed by atoms with Crippen LogP contribution in [0.15, 0.2) is 24.3 Å². The topological polar surface area (TPSA) is 15.3 Å². The quantitative estimate of drug-likeness (QED) is 0.779. The van der Waals surface area contributed by atoms with Crippen LogP contribution in [0.4, 0.5) is 5.69 Å². The van der Waals surface area contributed by atoms with Gasteiger partial charge in [-0.05, 0) is 38.4 Å². The fourth-order valence-electron chi connectivity index (χ4n) is 2.33. The fraction of sp³-hybridized carbons (Fsp3) is 0.571. The van der Waals surface area contributed by atoms with Crippen molar-refractivity contribution >= 4 is 5.69 Å². The zero-order valence-corrected chi connectivity index (χ0v) is 10.5. The molecule has 2 heteroatoms. The summed E-state index contributed by atoms with van der Waals surface area (Å²) in [6.07, 6.45) is 0. The van der Waals surface area contributed by atoms with Crippen LogP contribution in [0.25, 0.3) is 0 Å². The van der Waals surface area contributed by atoms with Crippen molar-refractivity contribution in [2.24, 2.45) is 5.92 Å². The van der Waals surface area contributed by atoms with Crippen LogP contribution >= 0.6 is 0 Å². The molecule has 2 unspecified atom stereocenters. The molecule has 1 heterocycles. The number of nitrogens with one attached hydrogen (secondary N) is 1. The highest BCUT2D eigenvalue weighted by Gasteiger charge is 2.20. The van der Waals surface area contributed by atoms with Crippen LogP contribution in [0, 0.1) is 12.8 Å². The predicted octanol–water partition coefficient (Wildman–Crippen LogP) is 2.43. The molecule has 0 saturated carbocycles. The Labute approximate surface area is 98.7 Å². The number of hydrogen-bond acceptors (Lipinski definition) is 2. The standard InChI is InChI=1S/C14H22N2/c1-11-4-6-14(7-5-11)16-10-12(2)8-15-9-13(16)3/h4-7,12-13,15H,8-10H2,1-3H3. The summed E-state index contributed by atoms with van der Waals surface area (Å²) in [5, 5.41) is 3.52. The van der Waals surface area contributed by atoms with E-state index in [1.54, 1.807) is 0 Å². The van der Waals surface area contributed by atoms with Gasteiger partial charge in [-0.25, -0.2) is 0 Å². The lowest BCUT2D eigenvalue weighted by Crippen LogP contribution is -2.37. The van der Waals surface area contributed by atoms with Gasteiger partial charge in [0.2, 0.25) is 0 Å². The summed E-state index contributed by atoms with van der Waals surface area (Å²) in [6, 6.07) is 9.46. The van der Waals surface area contributed by atoms with Gasteiger partial charge in [-0.3, -0.25) is 0 Å². The van der Waals surface area contributed by atoms with Crippen molar-refractivity contribution in [1.82, 2.24) is 5.32 Å². The smallest absolute Gasteiger partial charge is 0.0386 e. The monoisotopic (exact) mass is 218 g/mol. The van der Waals surface area contributed by atoms with E-state index in [0.29, 0.717) is 12.0 Å². The SMILES string of the molecule is Cc1ccc(N2CC(C)CNCC2C)cc1. The molecule has 1 aromatic rings. The molecular formula is C14H22N2. The van der Waals surface area contributed by atoms with Gasteiger partial charge in [-0.1, -0.05) is 24.6 Å². The Morgan fingerprint density at radius 2 is 1.81 bits per heavy atom. The Bertz CT molecular complexity index is 331. The summed E-state index contributed by atoms with van der Waals surface area (Å²) >= 11 is 0. The van der Waals surface area contributed by atoms with E-state index in [-0.39, 0.29) is 0 Å². The minimum absolute atomic E-state index is 0.577. The van der Waals surface area contributed by atoms with E-state index in [4.69, 9.17) is 0 Å². The summed E-state index contributed by atoms with van der Waals surface area (Å²) in [6.45, 7) is 10.1. The Hall–Kier alpha value is -1.02. The van der Waals surface area contributed by atoms with Gasteiger partial charge in [-0.15, -0.1) is 0 Å². The Morgan fingerprint density at radius 1 is 1.12 bits per heavy atom. The fourth-order valence-corrected chi connectivity index (χ4v) is 2.33. The third-order valence-electron chi connectivity index (χ3n) is 3.34. The van der Waals surface area contributed by atoms with Crippen LogP contribution in [0.2, 0.25) is 0 Å². The number of rotatable bonds is 1. The first-order valence-electron chi connectivity index (χ1n) is 6.21. The minimum Gasteiger partial charge on any atom is -0.367 e. The zero-order chi connectivity index (χ0) is 11.5. The van der Waals surface area contributed by atoms with Gasteiger partial charge in [0.1, 0.15) is 0 Å². The van der Waals surface area contributed by atoms with Gasteiger partial charge in [0.15, 0.2) is 0 Å². The summed E-state index contributed by atoms with van der Waals surface area (Å²) in [4.78, 5) is 2.52. The maximum atomic E-state index is 3.52. The third-order valence-corrected chi connectivity index (χ3v) is 3.34. The molecule has 16 heavy (non-hydrogen) atoms. The molecule has 2 nitrogen and oxygen atoms in total. The van der Waals surface area contributed by atoms with E-state index in [1.165, 1.54) is 11.3 Å². The highest BCUT2D eigenvalue weighted by molar-refractivity contribution is 5.48. The largest absolute Gasteiger partial charge is 0.367 e. The van der Waals surface area contributed by atoms with Crippen molar-refractivity contribution in [3.05, 3.63) is 29.8 Å². The van der Waals surface area contributed by atoms with E-state index in [1.807, 2.05) is 0 Å². The van der Waals surface area contributed by atoms with Crippen LogP contribution in [0.3, 0.4) is 0 Å². The molecule has 2 rings (SSSR count). The normalized spacial score (nSPS) is 26.6. The average Bonchev–Trinajstić information content (AvgIpc) is 2.42. The number of nitrogens with zero attached hydrogens (tertiary/aromatic N) is 1. The van der Waals surface area contributed by atoms with Gasteiger partial charge in [0.05, 0.1) is 0 Å². The van der Waals surface area contributed by atoms with Crippen LogP contribution in [-0.2, 0) is 0 Å². The van der Waals surface area contributed by atoms with Crippen LogP contribution < -0.4 is 10.2 Å². The van der Waals surface area contributed by atoms with Gasteiger partial charge in [0.25, 0.3) is 0 Å². The maximum Gasteiger partial charge on any atom is 0.0386 e. The summed E-state index contributed by atoms with van der Waals surface area (Å²) < 4.78 is 0. The van der Waals surface area contributed by atoms with Crippen LogP contribution in [-0.4, -0.2) is 25.7 Å². The van der Waals surface area contributed by atoms with Crippen molar-refractivity contribution in [1.29, 1.82) is 0 Å². The predicted molar refractivity (Wildman–Crippen MR) is 70.0 cm³/mol. The molecule has 0 radical (unpaired) electrons. The molecule has 0 spiro atoms. The second-order valence-electron chi connectivity index (χ2n) is 5.10. The first kappa shape index (κ1) is 11.5. The molecule has 1 aliphatic heterocycles. The molecule has 0 bridgehead atoms. The first-order chi connectivity index (χ1) is 7.66. The number of benzene rings is 1. The summed E-state index contributed by atoms with van der Waals surface area (Å²) in [5.74, 6) is 0.714. The number of aryl methyl sites for hydroxylation is 1. The molecule has 1 saturated heterocycles. The maximum absolute atomic E-state index is 3.52. The Kier molecular flexibility index (Phi) is 3.49. The van der Waals surface area contributed by atoms with E-state index in [2.05, 4.69) is 55.3 Å². The number of anilines is 1. The molecule has 88 valence electrons. The van der Waals surface area contributed by atoms with Crippen LogP contribution in [0.1, 0.15) is 19.4 Å². The minimum atomic E-state index is 0.577. The molecule has 0 aromatic heterocycles. The second-order valence-corrected chi connectivity index (χ2v) is 5.10. The molecule has 0 amide bonds. The van der Waals surface area contributed by atoms with Crippen molar-refractivity contribution < 1.29 is 0 Å². The Balaban J connectivity index is 2.19. The van der Waals surface area contributed by atoms with E-state index >= 15 is 0 Å². The van der Waals surface area contributed by atoms with Crippen molar-refractivity contribution in [3.8, 4) is 0 Å². The first-order valence-corrected chi connectivity index (χ1v) is 6.21. The van der Waals surface area contributed by atoms with Crippen molar-refractivity contribution in [3.63, 3.8) is 0 Å². The van der Waals surface area contributed by atoms with Crippen molar-refractivity contribution in [2.45, 2.75) is 26.8 Å². The molecule has 1 aliphatic rings. The van der Waals surface area contributed by atoms with E-state index < -0.39 is 0 Å². The summed E-state index contributed by atoms with van der Waals surface area (Å²) in [5.41, 5.74) is 2.69. The molecule has 2 atom stereocenters. The molecule has 0 aliphatic carbocycles. The van der Waals surface area contributed by atoms with Gasteiger partial charge in [0, 0.05) is 24.8 Å². The van der Waals surface area contributed by atoms with E-state index in [0.717, 1.165) is 19.6 Å². The van der Waals surface area contributed by atoms with Gasteiger partial charge in [-0.2, -0.15) is 0 Å². The lowest BCUT2D eigenvalue weighted by Gasteiger charge is -2.30. The Morgan fingerprint density at radius 3 is 2.50 bits per heavy atom. The lowest BCUT2D eigenvalue weighted by molar-refractivity contribution is 0.564. The highest BCUT2D eigenvalue weighted by Crippen LogP contribution is 2.20. The molecule has 1 N–H and O–H groups in total. The number of hydrogen-bond donors (Lipinski definition) is 1. The third kappa shape index (κ3) is 2.56. The zero-order valence-electron chi connectivity index (χ0n) is 10.5. The average molecular weight is 218 g/mol. The second kappa shape index (κ2) is 4.88. The molecular weight excluding hydrogens is 196 g/mol. The molecule has 1 aromatic carbocycles. The molecule has 1 fully saturated rings. The lowest BCUT2D eigenvalue weighted by atomic mass is 10.1. The van der Waals surface area contributed by atoms with E-state index in [9.17, 15) is 0 Å². The summed E-state index contributed by atoms with van der Waals surface area (Å²) in [7, 11) is 0. The van der Waals surface area contributed by atoms with Gasteiger partial charge >= 0.3 is 0 Å². The van der Waals surface area contributed by atoms with Crippen molar-refractivity contribution in [2.75, 3.05) is 24.5 Å². The van der Waals surface area contributed by atoms with Crippen LogP contribution in [0.5, 0.6) is 0 Å². The highest BCUT2D eigenvalue weighted by atomic mass is 15.2. The van der Waals surface area contributed by atoms with Gasteiger partial charge < -0.3 is 10.2 Å².